The molecule has 7 N–H and O–H groups in total. The van der Waals surface area contributed by atoms with E-state index in [-0.39, 0.29) is 19.4 Å². The smallest absolute Gasteiger partial charge is 0.326 e. The third-order valence-electron chi connectivity index (χ3n) is 4.37. The Kier molecular flexibility index (Phi) is 8.79. The molecule has 0 aromatic rings. The van der Waals surface area contributed by atoms with E-state index in [2.05, 4.69) is 10.6 Å². The van der Waals surface area contributed by atoms with E-state index in [0.717, 1.165) is 4.90 Å². The summed E-state index contributed by atoms with van der Waals surface area (Å²) in [5, 5.41) is 31.6. The minimum atomic E-state index is -1.26. The van der Waals surface area contributed by atoms with E-state index in [0.29, 0.717) is 6.42 Å². The van der Waals surface area contributed by atoms with Crippen LogP contribution in [-0.2, 0) is 24.0 Å². The van der Waals surface area contributed by atoms with E-state index >= 15 is 0 Å². The van der Waals surface area contributed by atoms with Crippen LogP contribution in [0.5, 0.6) is 0 Å². The normalized spacial score (nSPS) is 19.4. The van der Waals surface area contributed by atoms with Crippen LogP contribution < -0.4 is 16.4 Å². The van der Waals surface area contributed by atoms with Gasteiger partial charge >= 0.3 is 11.9 Å². The van der Waals surface area contributed by atoms with Gasteiger partial charge in [0.2, 0.25) is 17.7 Å². The van der Waals surface area contributed by atoms with Crippen LogP contribution in [0, 0.1) is 0 Å². The van der Waals surface area contributed by atoms with Crippen LogP contribution in [0.2, 0.25) is 0 Å². The molecule has 4 unspecified atom stereocenters. The zero-order valence-corrected chi connectivity index (χ0v) is 15.5. The molecule has 28 heavy (non-hydrogen) atoms. The van der Waals surface area contributed by atoms with Crippen molar-refractivity contribution < 1.29 is 39.3 Å². The van der Waals surface area contributed by atoms with Crippen molar-refractivity contribution in [2.75, 3.05) is 13.2 Å². The topological polar surface area (TPSA) is 199 Å². The number of amides is 3. The molecule has 0 aromatic carbocycles. The van der Waals surface area contributed by atoms with Gasteiger partial charge in [0.15, 0.2) is 0 Å². The summed E-state index contributed by atoms with van der Waals surface area (Å²) in [5.41, 5.74) is 5.35. The number of likely N-dealkylation sites (tertiary alicyclic amines) is 1. The molecule has 1 heterocycles. The first kappa shape index (κ1) is 23.3. The van der Waals surface area contributed by atoms with Crippen LogP contribution >= 0.6 is 0 Å². The average molecular weight is 402 g/mol. The summed E-state index contributed by atoms with van der Waals surface area (Å²) in [6.07, 6.45) is 0.0952. The fourth-order valence-electron chi connectivity index (χ4n) is 2.78. The van der Waals surface area contributed by atoms with Gasteiger partial charge in [-0.3, -0.25) is 19.2 Å². The number of aliphatic carboxylic acids is 2. The molecule has 1 saturated heterocycles. The van der Waals surface area contributed by atoms with Gasteiger partial charge < -0.3 is 36.6 Å². The number of hydrogen-bond donors (Lipinski definition) is 6. The van der Waals surface area contributed by atoms with E-state index in [4.69, 9.17) is 15.9 Å². The van der Waals surface area contributed by atoms with Crippen molar-refractivity contribution in [3.8, 4) is 0 Å². The van der Waals surface area contributed by atoms with Gasteiger partial charge in [-0.2, -0.15) is 0 Å². The van der Waals surface area contributed by atoms with E-state index in [1.165, 1.54) is 6.92 Å². The third-order valence-corrected chi connectivity index (χ3v) is 4.37. The highest BCUT2D eigenvalue weighted by atomic mass is 16.4. The maximum atomic E-state index is 12.7. The van der Waals surface area contributed by atoms with Gasteiger partial charge in [0, 0.05) is 13.0 Å². The maximum Gasteiger partial charge on any atom is 0.326 e. The molecule has 3 amide bonds. The quantitative estimate of drug-likeness (QED) is 0.224. The van der Waals surface area contributed by atoms with Crippen LogP contribution in [0.4, 0.5) is 0 Å². The first-order chi connectivity index (χ1) is 13.1. The fraction of sp³-hybridized carbons (Fsp3) is 0.688. The van der Waals surface area contributed by atoms with E-state index < -0.39 is 66.9 Å². The van der Waals surface area contributed by atoms with Crippen LogP contribution in [0.25, 0.3) is 0 Å². The SMILES string of the molecule is CC(NC(=O)C(N)CO)C(=O)NC(CCC(=O)O)C(=O)N1CCCC1C(=O)O. The average Bonchev–Trinajstić information content (AvgIpc) is 3.13. The zero-order valence-electron chi connectivity index (χ0n) is 15.5. The highest BCUT2D eigenvalue weighted by molar-refractivity contribution is 5.94. The molecule has 4 atom stereocenters. The summed E-state index contributed by atoms with van der Waals surface area (Å²) in [5.74, 6) is -4.59. The second-order valence-electron chi connectivity index (χ2n) is 6.54. The van der Waals surface area contributed by atoms with Gasteiger partial charge in [0.1, 0.15) is 24.2 Å². The van der Waals surface area contributed by atoms with Crippen LogP contribution in [0.1, 0.15) is 32.6 Å². The van der Waals surface area contributed by atoms with E-state index in [1.54, 1.807) is 0 Å². The fourth-order valence-corrected chi connectivity index (χ4v) is 2.78. The second kappa shape index (κ2) is 10.6. The summed E-state index contributed by atoms with van der Waals surface area (Å²) in [4.78, 5) is 60.0. The minimum absolute atomic E-state index is 0.187. The number of carbonyl (C=O) groups excluding carboxylic acids is 3. The Balaban J connectivity index is 2.84. The molecule has 0 aromatic heterocycles. The van der Waals surface area contributed by atoms with E-state index in [1.807, 2.05) is 0 Å². The standard InChI is InChI=1S/C16H26N4O8/c1-8(18-14(25)9(17)7-21)13(24)19-10(4-5-12(22)23)15(26)20-6-2-3-11(20)16(27)28/h8-11,21H,2-7,17H2,1H3,(H,18,25)(H,19,24)(H,22,23)(H,27,28). The van der Waals surface area contributed by atoms with Crippen molar-refractivity contribution in [2.45, 2.75) is 56.8 Å². The lowest BCUT2D eigenvalue weighted by molar-refractivity contribution is -0.150. The molecule has 12 nitrogen and oxygen atoms in total. The van der Waals surface area contributed by atoms with Crippen LogP contribution in [0.3, 0.4) is 0 Å². The predicted molar refractivity (Wildman–Crippen MR) is 93.8 cm³/mol. The number of rotatable bonds is 10. The number of nitrogens with two attached hydrogens (primary N) is 1. The molecule has 1 aliphatic rings. The molecule has 0 saturated carbocycles. The molecule has 1 fully saturated rings. The number of aliphatic hydroxyl groups excluding tert-OH is 1. The molecule has 0 radical (unpaired) electrons. The number of carboxylic acids is 2. The van der Waals surface area contributed by atoms with Crippen LogP contribution in [-0.4, -0.2) is 87.2 Å². The number of carbonyl (C=O) groups is 5. The Morgan fingerprint density at radius 1 is 1.14 bits per heavy atom. The third kappa shape index (κ3) is 6.46. The largest absolute Gasteiger partial charge is 0.481 e. The lowest BCUT2D eigenvalue weighted by Gasteiger charge is -2.28. The zero-order chi connectivity index (χ0) is 21.4. The molecular formula is C16H26N4O8. The maximum absolute atomic E-state index is 12.7. The summed E-state index contributed by atoms with van der Waals surface area (Å²) in [6, 6.07) is -4.62. The molecule has 0 bridgehead atoms. The monoisotopic (exact) mass is 402 g/mol. The minimum Gasteiger partial charge on any atom is -0.481 e. The summed E-state index contributed by atoms with van der Waals surface area (Å²) < 4.78 is 0. The highest BCUT2D eigenvalue weighted by Crippen LogP contribution is 2.19. The first-order valence-electron chi connectivity index (χ1n) is 8.80. The summed E-state index contributed by atoms with van der Waals surface area (Å²) >= 11 is 0. The Morgan fingerprint density at radius 3 is 2.32 bits per heavy atom. The first-order valence-corrected chi connectivity index (χ1v) is 8.80. The van der Waals surface area contributed by atoms with Crippen LogP contribution in [0.15, 0.2) is 0 Å². The highest BCUT2D eigenvalue weighted by Gasteiger charge is 2.38. The molecular weight excluding hydrogens is 376 g/mol. The summed E-state index contributed by atoms with van der Waals surface area (Å²) in [6.45, 7) is 0.893. The van der Waals surface area contributed by atoms with Crippen molar-refractivity contribution in [3.05, 3.63) is 0 Å². The predicted octanol–water partition coefficient (Wildman–Crippen LogP) is -2.76. The van der Waals surface area contributed by atoms with Crippen molar-refractivity contribution in [3.63, 3.8) is 0 Å². The van der Waals surface area contributed by atoms with E-state index in [9.17, 15) is 29.1 Å². The molecule has 1 rings (SSSR count). The van der Waals surface area contributed by atoms with Crippen molar-refractivity contribution in [2.24, 2.45) is 5.73 Å². The van der Waals surface area contributed by atoms with Gasteiger partial charge in [-0.1, -0.05) is 0 Å². The Hall–Kier alpha value is -2.73. The van der Waals surface area contributed by atoms with Gasteiger partial charge in [0.05, 0.1) is 6.61 Å². The van der Waals surface area contributed by atoms with Crippen molar-refractivity contribution in [1.29, 1.82) is 0 Å². The summed E-state index contributed by atoms with van der Waals surface area (Å²) in [7, 11) is 0. The van der Waals surface area contributed by atoms with Gasteiger partial charge in [0.25, 0.3) is 0 Å². The number of hydrogen-bond acceptors (Lipinski definition) is 7. The van der Waals surface area contributed by atoms with Crippen molar-refractivity contribution in [1.82, 2.24) is 15.5 Å². The Bertz CT molecular complexity index is 626. The van der Waals surface area contributed by atoms with Crippen molar-refractivity contribution >= 4 is 29.7 Å². The van der Waals surface area contributed by atoms with Gasteiger partial charge in [-0.15, -0.1) is 0 Å². The molecule has 12 heteroatoms. The lowest BCUT2D eigenvalue weighted by Crippen LogP contribution is -2.56. The van der Waals surface area contributed by atoms with Gasteiger partial charge in [-0.25, -0.2) is 4.79 Å². The lowest BCUT2D eigenvalue weighted by atomic mass is 10.1. The number of aliphatic hydroxyl groups is 1. The molecule has 0 aliphatic carbocycles. The number of nitrogens with one attached hydrogen (secondary N) is 2. The Labute approximate surface area is 161 Å². The molecule has 0 spiro atoms. The molecule has 1 aliphatic heterocycles. The number of nitrogens with zero attached hydrogens (tertiary/aromatic N) is 1. The number of carboxylic acid groups (broad SMARTS) is 2. The molecule has 158 valence electrons. The Morgan fingerprint density at radius 2 is 1.79 bits per heavy atom. The second-order valence-corrected chi connectivity index (χ2v) is 6.54. The van der Waals surface area contributed by atoms with Gasteiger partial charge in [-0.05, 0) is 26.2 Å².